The van der Waals surface area contributed by atoms with Crippen LogP contribution < -0.4 is 0 Å². The van der Waals surface area contributed by atoms with E-state index in [1.54, 1.807) is 0 Å². The fraction of sp³-hybridized carbons (Fsp3) is 1.00. The van der Waals surface area contributed by atoms with E-state index in [9.17, 15) is 5.11 Å². The monoisotopic (exact) mass is 229 g/mol. The van der Waals surface area contributed by atoms with Crippen molar-refractivity contribution in [2.75, 3.05) is 37.7 Å². The normalized spacial score (nSPS) is 30.6. The lowest BCUT2D eigenvalue weighted by atomic mass is 9.91. The Morgan fingerprint density at radius 2 is 2.07 bits per heavy atom. The predicted molar refractivity (Wildman–Crippen MR) is 66.3 cm³/mol. The second kappa shape index (κ2) is 6.12. The molecule has 2 atom stereocenters. The van der Waals surface area contributed by atoms with Crippen molar-refractivity contribution in [1.29, 1.82) is 0 Å². The van der Waals surface area contributed by atoms with Gasteiger partial charge in [0.2, 0.25) is 0 Å². The zero-order valence-corrected chi connectivity index (χ0v) is 10.3. The first-order valence-corrected chi connectivity index (χ1v) is 7.46. The van der Waals surface area contributed by atoms with Gasteiger partial charge in [0.1, 0.15) is 0 Å². The highest BCUT2D eigenvalue weighted by Crippen LogP contribution is 2.30. The van der Waals surface area contributed by atoms with Gasteiger partial charge in [0.05, 0.1) is 0 Å². The Kier molecular flexibility index (Phi) is 4.79. The van der Waals surface area contributed by atoms with Crippen molar-refractivity contribution in [3.63, 3.8) is 0 Å². The minimum absolute atomic E-state index is 0.391. The highest BCUT2D eigenvalue weighted by molar-refractivity contribution is 7.99. The van der Waals surface area contributed by atoms with E-state index in [1.807, 2.05) is 0 Å². The zero-order valence-electron chi connectivity index (χ0n) is 9.53. The SMILES string of the molecule is OCC(CN1CCCCC1)C1CCSC1. The van der Waals surface area contributed by atoms with Crippen LogP contribution in [0.25, 0.3) is 0 Å². The van der Waals surface area contributed by atoms with Crippen LogP contribution >= 0.6 is 11.8 Å². The number of hydrogen-bond acceptors (Lipinski definition) is 3. The lowest BCUT2D eigenvalue weighted by Crippen LogP contribution is -2.38. The number of thioether (sulfide) groups is 1. The Morgan fingerprint density at radius 1 is 1.27 bits per heavy atom. The van der Waals surface area contributed by atoms with E-state index in [-0.39, 0.29) is 0 Å². The van der Waals surface area contributed by atoms with E-state index in [2.05, 4.69) is 16.7 Å². The van der Waals surface area contributed by atoms with Gasteiger partial charge in [0, 0.05) is 13.2 Å². The third-order valence-electron chi connectivity index (χ3n) is 3.81. The molecular formula is C12H23NOS. The summed E-state index contributed by atoms with van der Waals surface area (Å²) in [5.74, 6) is 3.90. The number of likely N-dealkylation sites (tertiary alicyclic amines) is 1. The third kappa shape index (κ3) is 3.36. The Bertz CT molecular complexity index is 176. The molecular weight excluding hydrogens is 206 g/mol. The van der Waals surface area contributed by atoms with Crippen LogP contribution in [0, 0.1) is 11.8 Å². The first-order valence-electron chi connectivity index (χ1n) is 6.31. The van der Waals surface area contributed by atoms with Crippen LogP contribution in [0.5, 0.6) is 0 Å². The molecule has 88 valence electrons. The molecule has 2 heterocycles. The van der Waals surface area contributed by atoms with E-state index in [0.29, 0.717) is 12.5 Å². The van der Waals surface area contributed by atoms with Crippen molar-refractivity contribution < 1.29 is 5.11 Å². The van der Waals surface area contributed by atoms with Crippen LogP contribution in [0.15, 0.2) is 0 Å². The molecule has 0 aromatic carbocycles. The second-order valence-electron chi connectivity index (χ2n) is 4.93. The van der Waals surface area contributed by atoms with Crippen LogP contribution in [0.3, 0.4) is 0 Å². The minimum atomic E-state index is 0.391. The summed E-state index contributed by atoms with van der Waals surface area (Å²) in [6.07, 6.45) is 5.44. The smallest absolute Gasteiger partial charge is 0.0474 e. The van der Waals surface area contributed by atoms with Crippen molar-refractivity contribution in [3.8, 4) is 0 Å². The quantitative estimate of drug-likeness (QED) is 0.795. The van der Waals surface area contributed by atoms with Crippen LogP contribution in [-0.2, 0) is 0 Å². The van der Waals surface area contributed by atoms with Crippen LogP contribution in [0.4, 0.5) is 0 Å². The van der Waals surface area contributed by atoms with E-state index in [1.165, 1.54) is 50.3 Å². The molecule has 0 radical (unpaired) electrons. The molecule has 2 rings (SSSR count). The van der Waals surface area contributed by atoms with Gasteiger partial charge in [-0.25, -0.2) is 0 Å². The van der Waals surface area contributed by atoms with Crippen molar-refractivity contribution >= 4 is 11.8 Å². The molecule has 0 saturated carbocycles. The molecule has 2 fully saturated rings. The number of piperidine rings is 1. The van der Waals surface area contributed by atoms with E-state index < -0.39 is 0 Å². The summed E-state index contributed by atoms with van der Waals surface area (Å²) in [7, 11) is 0. The first kappa shape index (κ1) is 11.7. The Labute approximate surface area is 97.4 Å². The molecule has 2 aliphatic rings. The summed E-state index contributed by atoms with van der Waals surface area (Å²) in [5.41, 5.74) is 0. The van der Waals surface area contributed by atoms with E-state index in [4.69, 9.17) is 0 Å². The van der Waals surface area contributed by atoms with Gasteiger partial charge in [-0.2, -0.15) is 11.8 Å². The molecule has 0 spiro atoms. The van der Waals surface area contributed by atoms with Gasteiger partial charge >= 0.3 is 0 Å². The molecule has 15 heavy (non-hydrogen) atoms. The van der Waals surface area contributed by atoms with Gasteiger partial charge in [-0.15, -0.1) is 0 Å². The van der Waals surface area contributed by atoms with Gasteiger partial charge in [0.25, 0.3) is 0 Å². The highest BCUT2D eigenvalue weighted by atomic mass is 32.2. The first-order chi connectivity index (χ1) is 7.40. The zero-order chi connectivity index (χ0) is 10.5. The van der Waals surface area contributed by atoms with Crippen LogP contribution in [0.1, 0.15) is 25.7 Å². The molecule has 0 aromatic heterocycles. The van der Waals surface area contributed by atoms with E-state index in [0.717, 1.165) is 12.5 Å². The minimum Gasteiger partial charge on any atom is -0.396 e. The van der Waals surface area contributed by atoms with Crippen molar-refractivity contribution in [1.82, 2.24) is 4.90 Å². The lowest BCUT2D eigenvalue weighted by Gasteiger charge is -2.32. The van der Waals surface area contributed by atoms with Gasteiger partial charge in [-0.05, 0) is 55.7 Å². The maximum atomic E-state index is 9.48. The van der Waals surface area contributed by atoms with Gasteiger partial charge in [-0.1, -0.05) is 6.42 Å². The number of rotatable bonds is 4. The Morgan fingerprint density at radius 3 is 2.67 bits per heavy atom. The van der Waals surface area contributed by atoms with Gasteiger partial charge in [-0.3, -0.25) is 0 Å². The molecule has 0 aromatic rings. The molecule has 2 aliphatic heterocycles. The van der Waals surface area contributed by atoms with Crippen molar-refractivity contribution in [2.24, 2.45) is 11.8 Å². The Balaban J connectivity index is 1.78. The average molecular weight is 229 g/mol. The largest absolute Gasteiger partial charge is 0.396 e. The molecule has 0 aliphatic carbocycles. The molecule has 2 saturated heterocycles. The maximum absolute atomic E-state index is 9.48. The van der Waals surface area contributed by atoms with Gasteiger partial charge in [0.15, 0.2) is 0 Å². The summed E-state index contributed by atoms with van der Waals surface area (Å²) in [6, 6.07) is 0. The number of aliphatic hydroxyl groups excluding tert-OH is 1. The molecule has 0 amide bonds. The third-order valence-corrected chi connectivity index (χ3v) is 5.00. The molecule has 0 bridgehead atoms. The Hall–Kier alpha value is 0.270. The molecule has 1 N–H and O–H groups in total. The van der Waals surface area contributed by atoms with E-state index >= 15 is 0 Å². The van der Waals surface area contributed by atoms with Crippen LogP contribution in [0.2, 0.25) is 0 Å². The molecule has 2 unspecified atom stereocenters. The summed E-state index contributed by atoms with van der Waals surface area (Å²) in [5, 5.41) is 9.48. The summed E-state index contributed by atoms with van der Waals surface area (Å²) < 4.78 is 0. The fourth-order valence-corrected chi connectivity index (χ4v) is 4.13. The summed E-state index contributed by atoms with van der Waals surface area (Å²) in [6.45, 7) is 4.05. The summed E-state index contributed by atoms with van der Waals surface area (Å²) in [4.78, 5) is 2.56. The average Bonchev–Trinajstić information content (AvgIpc) is 2.81. The number of aliphatic hydroxyl groups is 1. The van der Waals surface area contributed by atoms with Crippen LogP contribution in [-0.4, -0.2) is 47.8 Å². The highest BCUT2D eigenvalue weighted by Gasteiger charge is 2.26. The second-order valence-corrected chi connectivity index (χ2v) is 6.08. The summed E-state index contributed by atoms with van der Waals surface area (Å²) >= 11 is 2.06. The number of nitrogens with zero attached hydrogens (tertiary/aromatic N) is 1. The predicted octanol–water partition coefficient (Wildman–Crippen LogP) is 1.83. The lowest BCUT2D eigenvalue weighted by molar-refractivity contribution is 0.117. The topological polar surface area (TPSA) is 23.5 Å². The maximum Gasteiger partial charge on any atom is 0.0474 e. The molecule has 2 nitrogen and oxygen atoms in total. The fourth-order valence-electron chi connectivity index (χ4n) is 2.75. The number of hydrogen-bond donors (Lipinski definition) is 1. The van der Waals surface area contributed by atoms with Crippen molar-refractivity contribution in [2.45, 2.75) is 25.7 Å². The standard InChI is InChI=1S/C12H23NOS/c14-9-12(11-4-7-15-10-11)8-13-5-2-1-3-6-13/h11-12,14H,1-10H2. The van der Waals surface area contributed by atoms with Crippen molar-refractivity contribution in [3.05, 3.63) is 0 Å². The van der Waals surface area contributed by atoms with Gasteiger partial charge < -0.3 is 10.0 Å². The molecule has 3 heteroatoms.